The molecular formula is C28H34FN5O. The molecule has 3 saturated heterocycles. The van der Waals surface area contributed by atoms with Crippen molar-refractivity contribution in [3.63, 3.8) is 0 Å². The lowest BCUT2D eigenvalue weighted by Crippen LogP contribution is -2.57. The zero-order valence-electron chi connectivity index (χ0n) is 20.7. The van der Waals surface area contributed by atoms with Crippen molar-refractivity contribution >= 4 is 5.91 Å². The van der Waals surface area contributed by atoms with Crippen LogP contribution in [-0.4, -0.2) is 44.9 Å². The molecule has 3 fully saturated rings. The van der Waals surface area contributed by atoms with E-state index in [4.69, 9.17) is 0 Å². The van der Waals surface area contributed by atoms with Crippen LogP contribution < -0.4 is 5.32 Å². The number of carbonyl (C=O) groups is 1. The van der Waals surface area contributed by atoms with Crippen LogP contribution in [0.3, 0.4) is 0 Å². The highest BCUT2D eigenvalue weighted by molar-refractivity contribution is 5.79. The first-order valence-electron chi connectivity index (χ1n) is 12.5. The summed E-state index contributed by atoms with van der Waals surface area (Å²) in [5.41, 5.74) is 4.30. The van der Waals surface area contributed by atoms with E-state index in [2.05, 4.69) is 65.6 Å². The van der Waals surface area contributed by atoms with Crippen molar-refractivity contribution < 1.29 is 9.18 Å². The average molecular weight is 476 g/mol. The van der Waals surface area contributed by atoms with Gasteiger partial charge in [-0.15, -0.1) is 5.10 Å². The lowest BCUT2D eigenvalue weighted by atomic mass is 9.75. The van der Waals surface area contributed by atoms with Crippen molar-refractivity contribution in [3.05, 3.63) is 71.7 Å². The van der Waals surface area contributed by atoms with Crippen LogP contribution in [0.4, 0.5) is 4.39 Å². The zero-order chi connectivity index (χ0) is 24.6. The number of carbonyl (C=O) groups excluding carboxylic acids is 1. The van der Waals surface area contributed by atoms with Gasteiger partial charge < -0.3 is 5.32 Å². The Kier molecular flexibility index (Phi) is 6.45. The number of rotatable bonds is 6. The van der Waals surface area contributed by atoms with Gasteiger partial charge in [0.15, 0.2) is 0 Å². The third-order valence-corrected chi connectivity index (χ3v) is 7.58. The molecule has 2 aromatic carbocycles. The molecule has 2 bridgehead atoms. The Bertz CT molecular complexity index is 1170. The fourth-order valence-corrected chi connectivity index (χ4v) is 5.42. The highest BCUT2D eigenvalue weighted by atomic mass is 19.1. The van der Waals surface area contributed by atoms with Crippen molar-refractivity contribution in [1.29, 1.82) is 0 Å². The molecule has 0 spiro atoms. The van der Waals surface area contributed by atoms with E-state index in [1.165, 1.54) is 17.7 Å². The van der Waals surface area contributed by atoms with Gasteiger partial charge in [-0.2, -0.15) is 0 Å². The molecule has 4 heterocycles. The summed E-state index contributed by atoms with van der Waals surface area (Å²) in [6, 6.07) is 15.2. The Hall–Kier alpha value is -3.06. The van der Waals surface area contributed by atoms with E-state index < -0.39 is 0 Å². The van der Waals surface area contributed by atoms with E-state index in [9.17, 15) is 9.18 Å². The molecule has 0 saturated carbocycles. The summed E-state index contributed by atoms with van der Waals surface area (Å²) in [6.07, 6.45) is 4.07. The maximum Gasteiger partial charge on any atom is 0.224 e. The molecule has 1 unspecified atom stereocenters. The van der Waals surface area contributed by atoms with Gasteiger partial charge in [-0.25, -0.2) is 4.39 Å². The zero-order valence-corrected chi connectivity index (χ0v) is 20.7. The van der Waals surface area contributed by atoms with Crippen molar-refractivity contribution in [2.75, 3.05) is 13.1 Å². The summed E-state index contributed by atoms with van der Waals surface area (Å²) < 4.78 is 15.1. The fraction of sp³-hybridized carbons (Fsp3) is 0.464. The van der Waals surface area contributed by atoms with Crippen molar-refractivity contribution in [2.45, 2.75) is 58.2 Å². The molecule has 0 radical (unpaired) electrons. The van der Waals surface area contributed by atoms with Crippen LogP contribution in [0, 0.1) is 17.7 Å². The van der Waals surface area contributed by atoms with Crippen molar-refractivity contribution in [3.8, 4) is 11.3 Å². The normalized spacial score (nSPS) is 23.9. The SMILES string of the molecule is CC(C)(C)c1ccc(-c2cn(C[C@H]3C[C@H]4CCN3C[C@@H]4C(=O)NCc3ccc(F)cc3)nn2)cc1. The largest absolute Gasteiger partial charge is 0.352 e. The molecule has 1 N–H and O–H groups in total. The Morgan fingerprint density at radius 2 is 1.86 bits per heavy atom. The van der Waals surface area contributed by atoms with Gasteiger partial charge >= 0.3 is 0 Å². The second-order valence-electron chi connectivity index (χ2n) is 11.0. The average Bonchev–Trinajstić information content (AvgIpc) is 3.32. The van der Waals surface area contributed by atoms with Gasteiger partial charge in [0, 0.05) is 24.7 Å². The van der Waals surface area contributed by atoms with Gasteiger partial charge in [-0.05, 0) is 54.0 Å². The van der Waals surface area contributed by atoms with Gasteiger partial charge in [-0.1, -0.05) is 62.4 Å². The number of aromatic nitrogens is 3. The number of nitrogens with zero attached hydrogens (tertiary/aromatic N) is 4. The molecule has 6 rings (SSSR count). The van der Waals surface area contributed by atoms with Crippen LogP contribution >= 0.6 is 0 Å². The van der Waals surface area contributed by atoms with E-state index in [-0.39, 0.29) is 23.1 Å². The minimum atomic E-state index is -0.263. The molecule has 1 amide bonds. The first-order valence-corrected chi connectivity index (χ1v) is 12.5. The summed E-state index contributed by atoms with van der Waals surface area (Å²) in [7, 11) is 0. The summed E-state index contributed by atoms with van der Waals surface area (Å²) in [4.78, 5) is 15.3. The predicted octanol–water partition coefficient (Wildman–Crippen LogP) is 4.41. The maximum atomic E-state index is 13.1. The topological polar surface area (TPSA) is 63.1 Å². The van der Waals surface area contributed by atoms with Gasteiger partial charge in [-0.3, -0.25) is 14.4 Å². The number of benzene rings is 2. The molecule has 3 aliphatic rings. The molecule has 0 aliphatic carbocycles. The molecule has 3 aliphatic heterocycles. The Balaban J connectivity index is 1.17. The quantitative estimate of drug-likeness (QED) is 0.574. The third kappa shape index (κ3) is 5.30. The van der Waals surface area contributed by atoms with E-state index in [1.807, 2.05) is 10.9 Å². The van der Waals surface area contributed by atoms with Crippen LogP contribution in [0.15, 0.2) is 54.7 Å². The van der Waals surface area contributed by atoms with Gasteiger partial charge in [0.25, 0.3) is 0 Å². The lowest BCUT2D eigenvalue weighted by molar-refractivity contribution is -0.133. The number of halogens is 1. The molecule has 1 aromatic heterocycles. The second-order valence-corrected chi connectivity index (χ2v) is 11.0. The van der Waals surface area contributed by atoms with Gasteiger partial charge in [0.1, 0.15) is 11.5 Å². The van der Waals surface area contributed by atoms with Gasteiger partial charge in [0.2, 0.25) is 5.91 Å². The van der Waals surface area contributed by atoms with Crippen molar-refractivity contribution in [2.24, 2.45) is 11.8 Å². The number of fused-ring (bicyclic) bond motifs is 3. The number of nitrogens with one attached hydrogen (secondary N) is 1. The third-order valence-electron chi connectivity index (χ3n) is 7.58. The monoisotopic (exact) mass is 475 g/mol. The van der Waals surface area contributed by atoms with E-state index >= 15 is 0 Å². The molecule has 3 aromatic rings. The Labute approximate surface area is 206 Å². The van der Waals surface area contributed by atoms with Crippen LogP contribution in [0.25, 0.3) is 11.3 Å². The highest BCUT2D eigenvalue weighted by Gasteiger charge is 2.43. The molecule has 35 heavy (non-hydrogen) atoms. The predicted molar refractivity (Wildman–Crippen MR) is 134 cm³/mol. The number of hydrogen-bond acceptors (Lipinski definition) is 4. The second kappa shape index (κ2) is 9.53. The van der Waals surface area contributed by atoms with Crippen LogP contribution in [0.1, 0.15) is 44.7 Å². The molecule has 4 atom stereocenters. The lowest BCUT2D eigenvalue weighted by Gasteiger charge is -2.49. The first kappa shape index (κ1) is 23.7. The molecule has 6 nitrogen and oxygen atoms in total. The smallest absolute Gasteiger partial charge is 0.224 e. The number of piperidine rings is 3. The number of hydrogen-bond donors (Lipinski definition) is 1. The Morgan fingerprint density at radius 3 is 2.51 bits per heavy atom. The highest BCUT2D eigenvalue weighted by Crippen LogP contribution is 2.37. The van der Waals surface area contributed by atoms with Crippen LogP contribution in [0.5, 0.6) is 0 Å². The molecule has 184 valence electrons. The minimum Gasteiger partial charge on any atom is -0.352 e. The summed E-state index contributed by atoms with van der Waals surface area (Å²) >= 11 is 0. The minimum absolute atomic E-state index is 0.00749. The summed E-state index contributed by atoms with van der Waals surface area (Å²) in [6.45, 7) is 9.66. The van der Waals surface area contributed by atoms with Crippen LogP contribution in [-0.2, 0) is 23.3 Å². The summed E-state index contributed by atoms with van der Waals surface area (Å²) in [5.74, 6) is 0.227. The van der Waals surface area contributed by atoms with Crippen molar-refractivity contribution in [1.82, 2.24) is 25.2 Å². The van der Waals surface area contributed by atoms with Crippen LogP contribution in [0.2, 0.25) is 0 Å². The van der Waals surface area contributed by atoms with E-state index in [0.29, 0.717) is 18.5 Å². The Morgan fingerprint density at radius 1 is 1.11 bits per heavy atom. The van der Waals surface area contributed by atoms with Gasteiger partial charge in [0.05, 0.1) is 18.7 Å². The molecule has 7 heteroatoms. The first-order chi connectivity index (χ1) is 16.8. The fourth-order valence-electron chi connectivity index (χ4n) is 5.42. The van der Waals surface area contributed by atoms with E-state index in [0.717, 1.165) is 49.3 Å². The number of amides is 1. The molecular weight excluding hydrogens is 441 g/mol. The van der Waals surface area contributed by atoms with E-state index in [1.54, 1.807) is 12.1 Å². The standard InChI is InChI=1S/C28H34FN5O/c1-28(2,3)22-8-6-20(7-9-22)26-18-34(32-31-26)16-24-14-21-12-13-33(24)17-25(21)27(35)30-15-19-4-10-23(29)11-5-19/h4-11,18,21,24-25H,12-17H2,1-3H3,(H,30,35)/t21-,24-,25+/m1/s1. The summed E-state index contributed by atoms with van der Waals surface area (Å²) in [5, 5.41) is 11.9. The maximum absolute atomic E-state index is 13.1.